The molecule has 10 heteroatoms. The van der Waals surface area contributed by atoms with Gasteiger partial charge >= 0.3 is 0 Å². The third kappa shape index (κ3) is 5.39. The highest BCUT2D eigenvalue weighted by molar-refractivity contribution is 7.89. The maximum atomic E-state index is 12.8. The monoisotopic (exact) mass is 457 g/mol. The van der Waals surface area contributed by atoms with E-state index < -0.39 is 22.2 Å². The molecule has 0 bridgehead atoms. The van der Waals surface area contributed by atoms with Crippen LogP contribution in [0.4, 0.5) is 0 Å². The van der Waals surface area contributed by atoms with Crippen LogP contribution in [-0.2, 0) is 21.3 Å². The lowest BCUT2D eigenvalue weighted by atomic mass is 9.98. The molecule has 3 aromatic rings. The minimum atomic E-state index is -3.69. The molecule has 2 N–H and O–H groups in total. The van der Waals surface area contributed by atoms with Gasteiger partial charge in [0.05, 0.1) is 41.6 Å². The minimum Gasteiger partial charge on any atom is -0.394 e. The molecular weight excluding hydrogens is 430 g/mol. The first-order valence-corrected chi connectivity index (χ1v) is 12.1. The van der Waals surface area contributed by atoms with Crippen LogP contribution < -0.4 is 4.72 Å². The first-order valence-electron chi connectivity index (χ1n) is 10.6. The maximum absolute atomic E-state index is 12.8. The number of aliphatic hydroxyl groups excluding tert-OH is 1. The van der Waals surface area contributed by atoms with Gasteiger partial charge in [0.15, 0.2) is 0 Å². The van der Waals surface area contributed by atoms with Gasteiger partial charge in [0.25, 0.3) is 0 Å². The van der Waals surface area contributed by atoms with Gasteiger partial charge in [0, 0.05) is 12.7 Å². The predicted molar refractivity (Wildman–Crippen MR) is 118 cm³/mol. The first kappa shape index (κ1) is 22.5. The van der Waals surface area contributed by atoms with Gasteiger partial charge in [-0.25, -0.2) is 13.1 Å². The Balaban J connectivity index is 1.33. The van der Waals surface area contributed by atoms with E-state index in [2.05, 4.69) is 20.0 Å². The molecule has 4 rings (SSSR count). The molecule has 0 unspecified atom stereocenters. The Morgan fingerprint density at radius 2 is 2.06 bits per heavy atom. The number of aromatic nitrogens is 4. The number of rotatable bonds is 8. The first-order chi connectivity index (χ1) is 15.4. The standard InChI is InChI=1S/C22H27N5O4S/c1-16-5-4-6-18(13-16)32(29,30)25-20-9-8-17(31-22(20)15-28)10-12-27-14-21(24-26-27)19-7-2-3-11-23-19/h2-7,11,13-14,17,20,22,25,28H,8-10,12,15H2,1H3/t17-,20-,22-/m1/s1. The number of nitrogens with zero attached hydrogens (tertiary/aromatic N) is 4. The highest BCUT2D eigenvalue weighted by Crippen LogP contribution is 2.24. The van der Waals surface area contributed by atoms with Crippen LogP contribution in [0.15, 0.2) is 59.8 Å². The van der Waals surface area contributed by atoms with Crippen LogP contribution in [0.5, 0.6) is 0 Å². The lowest BCUT2D eigenvalue weighted by Crippen LogP contribution is -2.50. The largest absolute Gasteiger partial charge is 0.394 e. The van der Waals surface area contributed by atoms with Crippen molar-refractivity contribution in [1.82, 2.24) is 24.7 Å². The third-order valence-corrected chi connectivity index (χ3v) is 7.04. The number of hydrogen-bond donors (Lipinski definition) is 2. The SMILES string of the molecule is Cc1cccc(S(=O)(=O)N[C@@H]2CC[C@H](CCn3cc(-c4ccccn4)nn3)O[C@@H]2CO)c1. The number of sulfonamides is 1. The molecule has 1 aliphatic rings. The molecule has 0 aliphatic carbocycles. The lowest BCUT2D eigenvalue weighted by Gasteiger charge is -2.36. The highest BCUT2D eigenvalue weighted by atomic mass is 32.2. The molecule has 1 aliphatic heterocycles. The van der Waals surface area contributed by atoms with E-state index in [0.29, 0.717) is 31.5 Å². The van der Waals surface area contributed by atoms with E-state index in [0.717, 1.165) is 11.3 Å². The van der Waals surface area contributed by atoms with Crippen molar-refractivity contribution < 1.29 is 18.3 Å². The van der Waals surface area contributed by atoms with Crippen molar-refractivity contribution in [2.75, 3.05) is 6.61 Å². The molecule has 170 valence electrons. The van der Waals surface area contributed by atoms with Gasteiger partial charge in [-0.2, -0.15) is 0 Å². The summed E-state index contributed by atoms with van der Waals surface area (Å²) in [5.74, 6) is 0. The number of nitrogens with one attached hydrogen (secondary N) is 1. The van der Waals surface area contributed by atoms with Crippen LogP contribution in [0.1, 0.15) is 24.8 Å². The van der Waals surface area contributed by atoms with E-state index in [1.807, 2.05) is 37.4 Å². The molecule has 0 spiro atoms. The summed E-state index contributed by atoms with van der Waals surface area (Å²) in [6, 6.07) is 11.9. The molecule has 3 heterocycles. The molecule has 9 nitrogen and oxygen atoms in total. The van der Waals surface area contributed by atoms with Crippen LogP contribution in [-0.4, -0.2) is 58.4 Å². The van der Waals surface area contributed by atoms with Gasteiger partial charge in [0.1, 0.15) is 5.69 Å². The summed E-state index contributed by atoms with van der Waals surface area (Å²) < 4.78 is 36.0. The highest BCUT2D eigenvalue weighted by Gasteiger charge is 2.34. The van der Waals surface area contributed by atoms with Crippen LogP contribution >= 0.6 is 0 Å². The van der Waals surface area contributed by atoms with Crippen molar-refractivity contribution in [1.29, 1.82) is 0 Å². The Hall–Kier alpha value is -2.66. The summed E-state index contributed by atoms with van der Waals surface area (Å²) in [6.45, 7) is 2.19. The van der Waals surface area contributed by atoms with E-state index in [1.54, 1.807) is 29.1 Å². The molecule has 0 amide bonds. The average Bonchev–Trinajstić information content (AvgIpc) is 3.28. The average molecular weight is 458 g/mol. The summed E-state index contributed by atoms with van der Waals surface area (Å²) in [4.78, 5) is 4.49. The Bertz CT molecular complexity index is 1140. The Kier molecular flexibility index (Phi) is 6.95. The molecule has 1 aromatic carbocycles. The fourth-order valence-corrected chi connectivity index (χ4v) is 5.25. The van der Waals surface area contributed by atoms with Gasteiger partial charge < -0.3 is 9.84 Å². The Labute approximate surface area is 187 Å². The summed E-state index contributed by atoms with van der Waals surface area (Å²) in [6.07, 6.45) is 4.79. The number of hydrogen-bond acceptors (Lipinski definition) is 7. The quantitative estimate of drug-likeness (QED) is 0.530. The second kappa shape index (κ2) is 9.86. The van der Waals surface area contributed by atoms with E-state index in [9.17, 15) is 13.5 Å². The Morgan fingerprint density at radius 3 is 2.81 bits per heavy atom. The van der Waals surface area contributed by atoms with Crippen molar-refractivity contribution >= 4 is 10.0 Å². The van der Waals surface area contributed by atoms with Gasteiger partial charge in [-0.15, -0.1) is 5.10 Å². The molecule has 2 aromatic heterocycles. The van der Waals surface area contributed by atoms with Crippen molar-refractivity contribution in [2.24, 2.45) is 0 Å². The molecule has 3 atom stereocenters. The number of pyridine rings is 1. The second-order valence-electron chi connectivity index (χ2n) is 7.97. The van der Waals surface area contributed by atoms with E-state index in [4.69, 9.17) is 4.74 Å². The maximum Gasteiger partial charge on any atom is 0.240 e. The van der Waals surface area contributed by atoms with E-state index >= 15 is 0 Å². The second-order valence-corrected chi connectivity index (χ2v) is 9.69. The predicted octanol–water partition coefficient (Wildman–Crippen LogP) is 1.93. The fraction of sp³-hybridized carbons (Fsp3) is 0.409. The van der Waals surface area contributed by atoms with Gasteiger partial charge in [0.2, 0.25) is 10.0 Å². The van der Waals surface area contributed by atoms with Crippen molar-refractivity contribution in [2.45, 2.75) is 55.9 Å². The van der Waals surface area contributed by atoms with Gasteiger partial charge in [-0.3, -0.25) is 9.67 Å². The molecule has 0 saturated carbocycles. The van der Waals surface area contributed by atoms with Gasteiger partial charge in [-0.05, 0) is 56.0 Å². The fourth-order valence-electron chi connectivity index (χ4n) is 3.84. The minimum absolute atomic E-state index is 0.102. The third-order valence-electron chi connectivity index (χ3n) is 5.55. The van der Waals surface area contributed by atoms with Crippen LogP contribution in [0.25, 0.3) is 11.4 Å². The normalized spacial score (nSPS) is 21.5. The van der Waals surface area contributed by atoms with Crippen molar-refractivity contribution in [3.8, 4) is 11.4 Å². The molecule has 1 fully saturated rings. The van der Waals surface area contributed by atoms with E-state index in [1.165, 1.54) is 0 Å². The smallest absolute Gasteiger partial charge is 0.240 e. The van der Waals surface area contributed by atoms with Crippen molar-refractivity contribution in [3.63, 3.8) is 0 Å². The van der Waals surface area contributed by atoms with Crippen LogP contribution in [0, 0.1) is 6.92 Å². The number of aliphatic hydroxyl groups is 1. The molecule has 0 radical (unpaired) electrons. The summed E-state index contributed by atoms with van der Waals surface area (Å²) in [5, 5.41) is 18.1. The van der Waals surface area contributed by atoms with E-state index in [-0.39, 0.29) is 17.6 Å². The Morgan fingerprint density at radius 1 is 1.19 bits per heavy atom. The lowest BCUT2D eigenvalue weighted by molar-refractivity contribution is -0.0891. The number of benzene rings is 1. The number of aryl methyl sites for hydroxylation is 2. The zero-order valence-electron chi connectivity index (χ0n) is 17.8. The van der Waals surface area contributed by atoms with Crippen LogP contribution in [0.2, 0.25) is 0 Å². The molecule has 1 saturated heterocycles. The zero-order chi connectivity index (χ0) is 22.6. The summed E-state index contributed by atoms with van der Waals surface area (Å²) >= 11 is 0. The number of ether oxygens (including phenoxy) is 1. The molecular formula is C22H27N5O4S. The zero-order valence-corrected chi connectivity index (χ0v) is 18.6. The van der Waals surface area contributed by atoms with Crippen molar-refractivity contribution in [3.05, 3.63) is 60.4 Å². The summed E-state index contributed by atoms with van der Waals surface area (Å²) in [5.41, 5.74) is 2.33. The van der Waals surface area contributed by atoms with Gasteiger partial charge in [-0.1, -0.05) is 23.4 Å². The van der Waals surface area contributed by atoms with Crippen LogP contribution in [0.3, 0.4) is 0 Å². The molecule has 32 heavy (non-hydrogen) atoms. The summed E-state index contributed by atoms with van der Waals surface area (Å²) in [7, 11) is -3.69. The topological polar surface area (TPSA) is 119 Å².